The van der Waals surface area contributed by atoms with E-state index in [1.807, 2.05) is 0 Å². The van der Waals surface area contributed by atoms with E-state index in [-0.39, 0.29) is 11.5 Å². The molecule has 3 unspecified atom stereocenters. The number of hydrogen-bond acceptors (Lipinski definition) is 2. The molecule has 1 nitrogen and oxygen atoms in total. The van der Waals surface area contributed by atoms with Gasteiger partial charge in [-0.2, -0.15) is 24.5 Å². The van der Waals surface area contributed by atoms with Crippen LogP contribution in [-0.4, -0.2) is 0 Å². The second kappa shape index (κ2) is 4.61. The molecule has 1 aliphatic carbocycles. The standard InChI is InChI=1S/C12H16F3NS/c1-7-3-2-4-8(7)11(16)9-5-17-6-10(9)12(13,14)15/h5-8,11H,2-4,16H2,1H3. The van der Waals surface area contributed by atoms with E-state index in [2.05, 4.69) is 6.92 Å². The highest BCUT2D eigenvalue weighted by molar-refractivity contribution is 7.08. The molecule has 1 fully saturated rings. The molecule has 1 saturated carbocycles. The van der Waals surface area contributed by atoms with Gasteiger partial charge in [0.15, 0.2) is 0 Å². The maximum absolute atomic E-state index is 12.8. The molecule has 0 aliphatic heterocycles. The van der Waals surface area contributed by atoms with E-state index in [1.54, 1.807) is 5.38 Å². The number of alkyl halides is 3. The lowest BCUT2D eigenvalue weighted by Crippen LogP contribution is -2.25. The Balaban J connectivity index is 2.25. The third-order valence-corrected chi connectivity index (χ3v) is 4.51. The second-order valence-corrected chi connectivity index (χ2v) is 5.58. The highest BCUT2D eigenvalue weighted by Gasteiger charge is 2.38. The molecule has 3 atom stereocenters. The van der Waals surface area contributed by atoms with E-state index in [0.29, 0.717) is 5.92 Å². The maximum atomic E-state index is 12.8. The zero-order valence-electron chi connectivity index (χ0n) is 9.63. The molecule has 2 N–H and O–H groups in total. The molecule has 17 heavy (non-hydrogen) atoms. The highest BCUT2D eigenvalue weighted by Crippen LogP contribution is 2.43. The lowest BCUT2D eigenvalue weighted by Gasteiger charge is -2.24. The summed E-state index contributed by atoms with van der Waals surface area (Å²) in [5, 5.41) is 2.72. The summed E-state index contributed by atoms with van der Waals surface area (Å²) in [6.07, 6.45) is -1.20. The molecular formula is C12H16F3NS. The van der Waals surface area contributed by atoms with Crippen molar-refractivity contribution in [3.05, 3.63) is 21.9 Å². The van der Waals surface area contributed by atoms with Crippen LogP contribution in [0.5, 0.6) is 0 Å². The summed E-state index contributed by atoms with van der Waals surface area (Å²) < 4.78 is 38.3. The van der Waals surface area contributed by atoms with Crippen molar-refractivity contribution in [1.82, 2.24) is 0 Å². The fourth-order valence-electron chi connectivity index (χ4n) is 2.73. The quantitative estimate of drug-likeness (QED) is 0.850. The smallest absolute Gasteiger partial charge is 0.324 e. The average Bonchev–Trinajstić information content (AvgIpc) is 2.82. The van der Waals surface area contributed by atoms with Crippen molar-refractivity contribution >= 4 is 11.3 Å². The van der Waals surface area contributed by atoms with Crippen molar-refractivity contribution in [3.63, 3.8) is 0 Å². The molecule has 0 aromatic carbocycles. The Hall–Kier alpha value is -0.550. The van der Waals surface area contributed by atoms with Gasteiger partial charge < -0.3 is 5.73 Å². The Labute approximate surface area is 103 Å². The average molecular weight is 263 g/mol. The van der Waals surface area contributed by atoms with Crippen LogP contribution in [0.2, 0.25) is 0 Å². The van der Waals surface area contributed by atoms with E-state index >= 15 is 0 Å². The molecule has 0 spiro atoms. The minimum absolute atomic E-state index is 0.186. The fraction of sp³-hybridized carbons (Fsp3) is 0.667. The lowest BCUT2D eigenvalue weighted by molar-refractivity contribution is -0.138. The van der Waals surface area contributed by atoms with Gasteiger partial charge in [0.25, 0.3) is 0 Å². The SMILES string of the molecule is CC1CCCC1C(N)c1cscc1C(F)(F)F. The van der Waals surface area contributed by atoms with Crippen molar-refractivity contribution in [3.8, 4) is 0 Å². The molecule has 0 saturated heterocycles. The largest absolute Gasteiger partial charge is 0.417 e. The lowest BCUT2D eigenvalue weighted by atomic mass is 9.86. The van der Waals surface area contributed by atoms with Crippen molar-refractivity contribution in [2.45, 2.75) is 38.4 Å². The Morgan fingerprint density at radius 2 is 2.06 bits per heavy atom. The third-order valence-electron chi connectivity index (χ3n) is 3.75. The number of rotatable bonds is 2. The summed E-state index contributed by atoms with van der Waals surface area (Å²) in [4.78, 5) is 0. The van der Waals surface area contributed by atoms with Crippen LogP contribution in [0.1, 0.15) is 43.4 Å². The summed E-state index contributed by atoms with van der Waals surface area (Å²) >= 11 is 1.08. The van der Waals surface area contributed by atoms with Gasteiger partial charge in [-0.3, -0.25) is 0 Å². The number of hydrogen-bond donors (Lipinski definition) is 1. The molecule has 1 aromatic heterocycles. The predicted molar refractivity (Wildman–Crippen MR) is 62.8 cm³/mol. The monoisotopic (exact) mass is 263 g/mol. The van der Waals surface area contributed by atoms with Crippen LogP contribution < -0.4 is 5.73 Å². The second-order valence-electron chi connectivity index (χ2n) is 4.84. The van der Waals surface area contributed by atoms with Gasteiger partial charge in [0.1, 0.15) is 0 Å². The van der Waals surface area contributed by atoms with E-state index in [4.69, 9.17) is 5.73 Å². The Morgan fingerprint density at radius 1 is 1.35 bits per heavy atom. The van der Waals surface area contributed by atoms with Gasteiger partial charge in [-0.05, 0) is 29.2 Å². The number of thiophene rings is 1. The Kier molecular flexibility index (Phi) is 3.50. The van der Waals surface area contributed by atoms with Crippen LogP contribution in [0.25, 0.3) is 0 Å². The van der Waals surface area contributed by atoms with Crippen LogP contribution in [0, 0.1) is 11.8 Å². The van der Waals surface area contributed by atoms with Gasteiger partial charge in [-0.25, -0.2) is 0 Å². The van der Waals surface area contributed by atoms with Crippen molar-refractivity contribution in [2.24, 2.45) is 17.6 Å². The molecule has 1 aromatic rings. The van der Waals surface area contributed by atoms with Crippen LogP contribution in [0.15, 0.2) is 10.8 Å². The van der Waals surface area contributed by atoms with E-state index < -0.39 is 17.8 Å². The molecule has 2 rings (SSSR count). The predicted octanol–water partition coefficient (Wildman–Crippen LogP) is 4.20. The molecule has 5 heteroatoms. The van der Waals surface area contributed by atoms with Gasteiger partial charge in [0.05, 0.1) is 5.56 Å². The Morgan fingerprint density at radius 3 is 2.59 bits per heavy atom. The van der Waals surface area contributed by atoms with Gasteiger partial charge in [0.2, 0.25) is 0 Å². The summed E-state index contributed by atoms with van der Waals surface area (Å²) in [7, 11) is 0. The highest BCUT2D eigenvalue weighted by atomic mass is 32.1. The summed E-state index contributed by atoms with van der Waals surface area (Å²) in [6.45, 7) is 2.08. The first kappa shape index (κ1) is 12.9. The van der Waals surface area contributed by atoms with Crippen molar-refractivity contribution < 1.29 is 13.2 Å². The van der Waals surface area contributed by atoms with Gasteiger partial charge in [-0.1, -0.05) is 19.8 Å². The first-order valence-corrected chi connectivity index (χ1v) is 6.74. The number of nitrogens with two attached hydrogens (primary N) is 1. The molecule has 0 bridgehead atoms. The number of halogens is 3. The summed E-state index contributed by atoms with van der Waals surface area (Å²) in [5.74, 6) is 0.608. The van der Waals surface area contributed by atoms with Crippen LogP contribution in [0.4, 0.5) is 13.2 Å². The van der Waals surface area contributed by atoms with Gasteiger partial charge in [-0.15, -0.1) is 0 Å². The van der Waals surface area contributed by atoms with E-state index in [9.17, 15) is 13.2 Å². The normalized spacial score (nSPS) is 27.4. The Bertz CT molecular complexity index is 385. The van der Waals surface area contributed by atoms with E-state index in [0.717, 1.165) is 36.0 Å². The van der Waals surface area contributed by atoms with Crippen molar-refractivity contribution in [1.29, 1.82) is 0 Å². The fourth-order valence-corrected chi connectivity index (χ4v) is 3.64. The minimum atomic E-state index is -4.28. The van der Waals surface area contributed by atoms with Crippen molar-refractivity contribution in [2.75, 3.05) is 0 Å². The van der Waals surface area contributed by atoms with Gasteiger partial charge >= 0.3 is 6.18 Å². The maximum Gasteiger partial charge on any atom is 0.417 e. The summed E-state index contributed by atoms with van der Waals surface area (Å²) in [5.41, 5.74) is 5.77. The molecule has 1 aliphatic rings. The minimum Gasteiger partial charge on any atom is -0.324 e. The first-order chi connectivity index (χ1) is 7.91. The summed E-state index contributed by atoms with van der Waals surface area (Å²) in [6, 6.07) is -0.477. The third kappa shape index (κ3) is 2.50. The zero-order valence-corrected chi connectivity index (χ0v) is 10.4. The molecule has 96 valence electrons. The van der Waals surface area contributed by atoms with Crippen LogP contribution in [0.3, 0.4) is 0 Å². The zero-order chi connectivity index (χ0) is 12.6. The molecule has 0 amide bonds. The topological polar surface area (TPSA) is 26.0 Å². The van der Waals surface area contributed by atoms with Gasteiger partial charge in [0, 0.05) is 11.4 Å². The van der Waals surface area contributed by atoms with Crippen LogP contribution >= 0.6 is 11.3 Å². The first-order valence-electron chi connectivity index (χ1n) is 5.80. The molecule has 1 heterocycles. The van der Waals surface area contributed by atoms with E-state index in [1.165, 1.54) is 0 Å². The van der Waals surface area contributed by atoms with Crippen LogP contribution in [-0.2, 0) is 6.18 Å². The molecular weight excluding hydrogens is 247 g/mol. The molecule has 0 radical (unpaired) electrons.